The molecule has 0 amide bonds. The first-order valence-electron chi connectivity index (χ1n) is 4.99. The molecule has 0 spiro atoms. The molecule has 0 bridgehead atoms. The van der Waals surface area contributed by atoms with Crippen LogP contribution in [-0.4, -0.2) is 11.1 Å². The Bertz CT molecular complexity index is 631. The Morgan fingerprint density at radius 3 is 2.42 bits per heavy atom. The summed E-state index contributed by atoms with van der Waals surface area (Å²) < 4.78 is 42.5. The monoisotopic (exact) mass is 290 g/mol. The second kappa shape index (κ2) is 4.62. The van der Waals surface area contributed by atoms with Crippen LogP contribution in [-0.2, 0) is 6.18 Å². The van der Waals surface area contributed by atoms with Gasteiger partial charge in [-0.25, -0.2) is 4.79 Å². The fraction of sp³-hybridized carbons (Fsp3) is 0.0833. The standard InChI is InChI=1S/C12H6ClF3O3/c13-7-3-1-2-6(4-7)9-5-8(11(17)18)10(19-9)12(14,15)16/h1-5H,(H,17,18). The third kappa shape index (κ3) is 2.73. The molecule has 1 aromatic heterocycles. The summed E-state index contributed by atoms with van der Waals surface area (Å²) in [6.45, 7) is 0. The van der Waals surface area contributed by atoms with Gasteiger partial charge in [0.2, 0.25) is 5.76 Å². The Hall–Kier alpha value is -1.95. The molecule has 2 rings (SSSR count). The molecule has 7 heteroatoms. The van der Waals surface area contributed by atoms with Crippen LogP contribution in [0, 0.1) is 0 Å². The zero-order valence-corrected chi connectivity index (χ0v) is 9.92. The van der Waals surface area contributed by atoms with Gasteiger partial charge in [-0.1, -0.05) is 23.7 Å². The summed E-state index contributed by atoms with van der Waals surface area (Å²) >= 11 is 5.71. The molecule has 0 aliphatic heterocycles. The number of carboxylic acid groups (broad SMARTS) is 1. The number of aromatic carboxylic acids is 1. The van der Waals surface area contributed by atoms with Gasteiger partial charge in [0, 0.05) is 10.6 Å². The topological polar surface area (TPSA) is 50.4 Å². The molecule has 1 aromatic carbocycles. The smallest absolute Gasteiger partial charge is 0.450 e. The van der Waals surface area contributed by atoms with Gasteiger partial charge in [0.1, 0.15) is 11.3 Å². The summed E-state index contributed by atoms with van der Waals surface area (Å²) in [7, 11) is 0. The van der Waals surface area contributed by atoms with E-state index >= 15 is 0 Å². The van der Waals surface area contributed by atoms with E-state index in [1.807, 2.05) is 0 Å². The van der Waals surface area contributed by atoms with Crippen molar-refractivity contribution >= 4 is 17.6 Å². The minimum absolute atomic E-state index is 0.202. The fourth-order valence-electron chi connectivity index (χ4n) is 1.54. The minimum atomic E-state index is -4.87. The van der Waals surface area contributed by atoms with Gasteiger partial charge in [-0.15, -0.1) is 0 Å². The number of hydrogen-bond donors (Lipinski definition) is 1. The molecule has 3 nitrogen and oxygen atoms in total. The highest BCUT2D eigenvalue weighted by atomic mass is 35.5. The fourth-order valence-corrected chi connectivity index (χ4v) is 1.73. The Morgan fingerprint density at radius 1 is 1.26 bits per heavy atom. The van der Waals surface area contributed by atoms with Crippen molar-refractivity contribution in [2.24, 2.45) is 0 Å². The van der Waals surface area contributed by atoms with Crippen molar-refractivity contribution in [1.29, 1.82) is 0 Å². The number of carbonyl (C=O) groups is 1. The van der Waals surface area contributed by atoms with Crippen LogP contribution in [0.2, 0.25) is 5.02 Å². The summed E-state index contributed by atoms with van der Waals surface area (Å²) in [5, 5.41) is 9.06. The molecule has 0 radical (unpaired) electrons. The maximum Gasteiger partial charge on any atom is 0.450 e. The highest BCUT2D eigenvalue weighted by molar-refractivity contribution is 6.30. The average Bonchev–Trinajstić information content (AvgIpc) is 2.73. The van der Waals surface area contributed by atoms with E-state index in [0.717, 1.165) is 6.07 Å². The van der Waals surface area contributed by atoms with E-state index in [1.165, 1.54) is 24.3 Å². The minimum Gasteiger partial charge on any atom is -0.478 e. The van der Waals surface area contributed by atoms with E-state index < -0.39 is 23.5 Å². The molecule has 0 unspecified atom stereocenters. The summed E-state index contributed by atoms with van der Waals surface area (Å²) in [6, 6.07) is 6.74. The van der Waals surface area contributed by atoms with Crippen LogP contribution in [0.25, 0.3) is 11.3 Å². The Labute approximate surface area is 110 Å². The molecular formula is C12H6ClF3O3. The number of rotatable bonds is 2. The molecule has 0 atom stereocenters. The van der Waals surface area contributed by atoms with E-state index in [-0.39, 0.29) is 11.3 Å². The third-order valence-corrected chi connectivity index (χ3v) is 2.56. The average molecular weight is 291 g/mol. The summed E-state index contributed by atoms with van der Waals surface area (Å²) in [6.07, 6.45) is -4.87. The highest BCUT2D eigenvalue weighted by Gasteiger charge is 2.40. The van der Waals surface area contributed by atoms with Gasteiger partial charge in [-0.2, -0.15) is 13.2 Å². The molecule has 0 aliphatic rings. The number of hydrogen-bond acceptors (Lipinski definition) is 2. The molecule has 0 aliphatic carbocycles. The first-order chi connectivity index (χ1) is 8.79. The van der Waals surface area contributed by atoms with Gasteiger partial charge in [0.25, 0.3) is 0 Å². The third-order valence-electron chi connectivity index (χ3n) is 2.33. The second-order valence-corrected chi connectivity index (χ2v) is 4.10. The van der Waals surface area contributed by atoms with Crippen LogP contribution in [0.15, 0.2) is 34.7 Å². The number of halogens is 4. The quantitative estimate of drug-likeness (QED) is 0.896. The second-order valence-electron chi connectivity index (χ2n) is 3.67. The van der Waals surface area contributed by atoms with E-state index in [4.69, 9.17) is 16.7 Å². The van der Waals surface area contributed by atoms with E-state index in [0.29, 0.717) is 5.02 Å². The van der Waals surface area contributed by atoms with Gasteiger partial charge in [-0.05, 0) is 18.2 Å². The molecule has 19 heavy (non-hydrogen) atoms. The maximum absolute atomic E-state index is 12.6. The van der Waals surface area contributed by atoms with Crippen LogP contribution in [0.3, 0.4) is 0 Å². The summed E-state index contributed by atoms with van der Waals surface area (Å²) in [4.78, 5) is 10.8. The van der Waals surface area contributed by atoms with Crippen molar-refractivity contribution < 1.29 is 27.5 Å². The van der Waals surface area contributed by atoms with Gasteiger partial charge >= 0.3 is 12.1 Å². The van der Waals surface area contributed by atoms with Crippen molar-refractivity contribution in [2.45, 2.75) is 6.18 Å². The van der Waals surface area contributed by atoms with E-state index in [9.17, 15) is 18.0 Å². The summed E-state index contributed by atoms with van der Waals surface area (Å²) in [5.74, 6) is -3.44. The lowest BCUT2D eigenvalue weighted by Gasteiger charge is -2.03. The number of furan rings is 1. The van der Waals surface area contributed by atoms with Crippen LogP contribution < -0.4 is 0 Å². The lowest BCUT2D eigenvalue weighted by atomic mass is 10.1. The zero-order valence-electron chi connectivity index (χ0n) is 9.16. The molecular weight excluding hydrogens is 285 g/mol. The van der Waals surface area contributed by atoms with Crippen LogP contribution in [0.5, 0.6) is 0 Å². The lowest BCUT2D eigenvalue weighted by Crippen LogP contribution is -2.09. The normalized spacial score (nSPS) is 11.6. The van der Waals surface area contributed by atoms with E-state index in [2.05, 4.69) is 4.42 Å². The van der Waals surface area contributed by atoms with Gasteiger partial charge in [-0.3, -0.25) is 0 Å². The van der Waals surface area contributed by atoms with Gasteiger partial charge in [0.05, 0.1) is 0 Å². The van der Waals surface area contributed by atoms with E-state index in [1.54, 1.807) is 0 Å². The van der Waals surface area contributed by atoms with Crippen LogP contribution in [0.4, 0.5) is 13.2 Å². The Morgan fingerprint density at radius 2 is 1.95 bits per heavy atom. The summed E-state index contributed by atoms with van der Waals surface area (Å²) in [5.41, 5.74) is -0.659. The van der Waals surface area contributed by atoms with Crippen molar-refractivity contribution in [3.63, 3.8) is 0 Å². The number of carboxylic acids is 1. The maximum atomic E-state index is 12.6. The predicted molar refractivity (Wildman–Crippen MR) is 61.1 cm³/mol. The molecule has 1 N–H and O–H groups in total. The molecule has 0 saturated carbocycles. The Kier molecular flexibility index (Phi) is 3.28. The zero-order chi connectivity index (χ0) is 14.2. The molecule has 100 valence electrons. The van der Waals surface area contributed by atoms with Crippen LogP contribution >= 0.6 is 11.6 Å². The number of benzene rings is 1. The van der Waals surface area contributed by atoms with Gasteiger partial charge < -0.3 is 9.52 Å². The Balaban J connectivity index is 2.58. The predicted octanol–water partition coefficient (Wildman–Crippen LogP) is 4.32. The molecule has 2 aromatic rings. The van der Waals surface area contributed by atoms with Crippen molar-refractivity contribution in [3.8, 4) is 11.3 Å². The van der Waals surface area contributed by atoms with Gasteiger partial charge in [0.15, 0.2) is 0 Å². The SMILES string of the molecule is O=C(O)c1cc(-c2cccc(Cl)c2)oc1C(F)(F)F. The van der Waals surface area contributed by atoms with Crippen molar-refractivity contribution in [2.75, 3.05) is 0 Å². The highest BCUT2D eigenvalue weighted by Crippen LogP contribution is 2.37. The first-order valence-corrected chi connectivity index (χ1v) is 5.37. The molecule has 0 saturated heterocycles. The van der Waals surface area contributed by atoms with Crippen molar-refractivity contribution in [3.05, 3.63) is 46.7 Å². The lowest BCUT2D eigenvalue weighted by molar-refractivity contribution is -0.153. The van der Waals surface area contributed by atoms with Crippen molar-refractivity contribution in [1.82, 2.24) is 0 Å². The molecule has 0 fully saturated rings. The first kappa shape index (κ1) is 13.5. The molecule has 1 heterocycles. The van der Waals surface area contributed by atoms with Crippen LogP contribution in [0.1, 0.15) is 16.1 Å². The largest absolute Gasteiger partial charge is 0.478 e. The number of alkyl halides is 3.